The fourth-order valence-electron chi connectivity index (χ4n) is 2.34. The third-order valence-corrected chi connectivity index (χ3v) is 5.60. The molecular formula is C19H16BrCl2N3O3S. The van der Waals surface area contributed by atoms with Gasteiger partial charge in [0.05, 0.1) is 10.8 Å². The Hall–Kier alpha value is -1.74. The van der Waals surface area contributed by atoms with Crippen LogP contribution in [0.4, 0.5) is 5.69 Å². The molecule has 0 aliphatic rings. The number of aryl methyl sites for hydroxylation is 1. The molecule has 1 atom stereocenters. The average Bonchev–Trinajstić information content (AvgIpc) is 3.14. The predicted octanol–water partition coefficient (Wildman–Crippen LogP) is 6.32. The Kier molecular flexibility index (Phi) is 7.45. The van der Waals surface area contributed by atoms with E-state index in [1.807, 2.05) is 25.1 Å². The van der Waals surface area contributed by atoms with Crippen LogP contribution in [0.15, 0.2) is 50.5 Å². The summed E-state index contributed by atoms with van der Waals surface area (Å²) in [4.78, 5) is 12.2. The van der Waals surface area contributed by atoms with Gasteiger partial charge in [0.25, 0.3) is 11.1 Å². The summed E-state index contributed by atoms with van der Waals surface area (Å²) in [6.45, 7) is 3.68. The minimum absolute atomic E-state index is 0.134. The Morgan fingerprint density at radius 3 is 2.79 bits per heavy atom. The second kappa shape index (κ2) is 9.84. The summed E-state index contributed by atoms with van der Waals surface area (Å²) in [6, 6.07) is 10.6. The predicted molar refractivity (Wildman–Crippen MR) is 118 cm³/mol. The van der Waals surface area contributed by atoms with Gasteiger partial charge in [0.1, 0.15) is 5.75 Å². The van der Waals surface area contributed by atoms with E-state index in [1.165, 1.54) is 0 Å². The number of benzene rings is 2. The summed E-state index contributed by atoms with van der Waals surface area (Å²) < 4.78 is 12.3. The Bertz CT molecular complexity index is 1030. The molecule has 152 valence electrons. The van der Waals surface area contributed by atoms with Crippen LogP contribution in [-0.2, 0) is 4.79 Å². The van der Waals surface area contributed by atoms with E-state index in [4.69, 9.17) is 32.4 Å². The van der Waals surface area contributed by atoms with Crippen LogP contribution >= 0.6 is 50.9 Å². The number of thioether (sulfide) groups is 1. The van der Waals surface area contributed by atoms with Gasteiger partial charge >= 0.3 is 0 Å². The van der Waals surface area contributed by atoms with Crippen LogP contribution in [0.25, 0.3) is 0 Å². The number of nitrogens with one attached hydrogen (secondary N) is 1. The third-order valence-electron chi connectivity index (χ3n) is 3.76. The molecule has 3 rings (SSSR count). The summed E-state index contributed by atoms with van der Waals surface area (Å²) in [7, 11) is 0. The van der Waals surface area contributed by atoms with Gasteiger partial charge in [0.2, 0.25) is 5.91 Å². The number of carbonyl (C=O) groups excluding carboxylic acids is 1. The van der Waals surface area contributed by atoms with E-state index in [-0.39, 0.29) is 22.8 Å². The number of aromatic nitrogens is 2. The van der Waals surface area contributed by atoms with E-state index in [0.717, 1.165) is 27.5 Å². The van der Waals surface area contributed by atoms with Crippen molar-refractivity contribution in [3.05, 3.63) is 62.4 Å². The van der Waals surface area contributed by atoms with E-state index in [9.17, 15) is 4.79 Å². The molecule has 0 aliphatic heterocycles. The zero-order valence-electron chi connectivity index (χ0n) is 15.4. The van der Waals surface area contributed by atoms with Gasteiger partial charge in [0.15, 0.2) is 6.10 Å². The van der Waals surface area contributed by atoms with E-state index in [1.54, 1.807) is 25.1 Å². The topological polar surface area (TPSA) is 77.2 Å². The molecule has 29 heavy (non-hydrogen) atoms. The highest BCUT2D eigenvalue weighted by Crippen LogP contribution is 2.31. The van der Waals surface area contributed by atoms with Gasteiger partial charge in [-0.2, -0.15) is 0 Å². The average molecular weight is 517 g/mol. The molecule has 0 fully saturated rings. The zero-order chi connectivity index (χ0) is 21.0. The summed E-state index contributed by atoms with van der Waals surface area (Å²) in [5.74, 6) is 0.704. The molecule has 0 saturated carbocycles. The second-order valence-electron chi connectivity index (χ2n) is 6.04. The van der Waals surface area contributed by atoms with Gasteiger partial charge in [-0.25, -0.2) is 0 Å². The smallest absolute Gasteiger partial charge is 0.277 e. The lowest BCUT2D eigenvalue weighted by Crippen LogP contribution is -2.14. The third kappa shape index (κ3) is 6.12. The van der Waals surface area contributed by atoms with Crippen LogP contribution in [0.1, 0.15) is 24.5 Å². The largest absolute Gasteiger partial charge is 0.479 e. The number of anilines is 1. The molecule has 1 heterocycles. The standard InChI is InChI=1S/C19H16BrCl2N3O3S/c1-10-7-12(20)3-5-15(10)23-17(26)9-29-19-25-24-18(28-19)11(2)27-16-6-4-13(21)8-14(16)22/h3-8,11H,9H2,1-2H3,(H,23,26)/t11-/m1/s1. The molecule has 0 radical (unpaired) electrons. The van der Waals surface area contributed by atoms with Crippen LogP contribution in [0.5, 0.6) is 5.75 Å². The van der Waals surface area contributed by atoms with Crippen molar-refractivity contribution in [2.45, 2.75) is 25.2 Å². The molecule has 0 aliphatic carbocycles. The van der Waals surface area contributed by atoms with Gasteiger partial charge < -0.3 is 14.5 Å². The SMILES string of the molecule is Cc1cc(Br)ccc1NC(=O)CSc1nnc([C@@H](C)Oc2ccc(Cl)cc2Cl)o1. The first-order valence-electron chi connectivity index (χ1n) is 8.45. The van der Waals surface area contributed by atoms with Crippen molar-refractivity contribution in [3.8, 4) is 5.75 Å². The number of carbonyl (C=O) groups is 1. The Morgan fingerprint density at radius 1 is 1.28 bits per heavy atom. The molecule has 1 aromatic heterocycles. The van der Waals surface area contributed by atoms with Crippen molar-refractivity contribution in [3.63, 3.8) is 0 Å². The maximum atomic E-state index is 12.2. The van der Waals surface area contributed by atoms with E-state index in [2.05, 4.69) is 31.4 Å². The van der Waals surface area contributed by atoms with Gasteiger partial charge in [-0.1, -0.05) is 50.9 Å². The summed E-state index contributed by atoms with van der Waals surface area (Å²) >= 11 is 16.5. The minimum atomic E-state index is -0.519. The highest BCUT2D eigenvalue weighted by molar-refractivity contribution is 9.10. The molecule has 0 saturated heterocycles. The van der Waals surface area contributed by atoms with E-state index < -0.39 is 6.10 Å². The fourth-order valence-corrected chi connectivity index (χ4v) is 3.83. The first-order valence-corrected chi connectivity index (χ1v) is 11.0. The van der Waals surface area contributed by atoms with Gasteiger partial charge in [-0.15, -0.1) is 10.2 Å². The quantitative estimate of drug-likeness (QED) is 0.370. The summed E-state index contributed by atoms with van der Waals surface area (Å²) in [5.41, 5.74) is 1.72. The lowest BCUT2D eigenvalue weighted by Gasteiger charge is -2.12. The van der Waals surface area contributed by atoms with Crippen molar-refractivity contribution in [2.24, 2.45) is 0 Å². The second-order valence-corrected chi connectivity index (χ2v) is 8.72. The summed E-state index contributed by atoms with van der Waals surface area (Å²) in [5, 5.41) is 12.0. The van der Waals surface area contributed by atoms with E-state index >= 15 is 0 Å². The number of rotatable bonds is 7. The highest BCUT2D eigenvalue weighted by Gasteiger charge is 2.18. The van der Waals surface area contributed by atoms with Gasteiger partial charge in [0, 0.05) is 15.2 Å². The molecule has 0 bridgehead atoms. The van der Waals surface area contributed by atoms with Crippen molar-refractivity contribution in [2.75, 3.05) is 11.1 Å². The van der Waals surface area contributed by atoms with Crippen LogP contribution in [-0.4, -0.2) is 21.9 Å². The number of hydrogen-bond acceptors (Lipinski definition) is 6. The molecular weight excluding hydrogens is 501 g/mol. The molecule has 2 aromatic carbocycles. The lowest BCUT2D eigenvalue weighted by atomic mass is 10.2. The van der Waals surface area contributed by atoms with Crippen molar-refractivity contribution < 1.29 is 13.9 Å². The normalized spacial score (nSPS) is 11.9. The molecule has 10 heteroatoms. The first-order chi connectivity index (χ1) is 13.8. The first kappa shape index (κ1) is 22.0. The fraction of sp³-hybridized carbons (Fsp3) is 0.211. The highest BCUT2D eigenvalue weighted by atomic mass is 79.9. The maximum Gasteiger partial charge on any atom is 0.277 e. The molecule has 1 N–H and O–H groups in total. The van der Waals surface area contributed by atoms with Crippen LogP contribution in [0.3, 0.4) is 0 Å². The lowest BCUT2D eigenvalue weighted by molar-refractivity contribution is -0.113. The van der Waals surface area contributed by atoms with Crippen LogP contribution in [0.2, 0.25) is 10.0 Å². The maximum absolute atomic E-state index is 12.2. The summed E-state index contributed by atoms with van der Waals surface area (Å²) in [6.07, 6.45) is -0.519. The Balaban J connectivity index is 1.54. The number of nitrogens with zero attached hydrogens (tertiary/aromatic N) is 2. The van der Waals surface area contributed by atoms with Gasteiger partial charge in [-0.3, -0.25) is 4.79 Å². The van der Waals surface area contributed by atoms with Gasteiger partial charge in [-0.05, 0) is 55.8 Å². The Labute approximate surface area is 190 Å². The molecule has 0 unspecified atom stereocenters. The van der Waals surface area contributed by atoms with Crippen molar-refractivity contribution in [1.82, 2.24) is 10.2 Å². The molecule has 1 amide bonds. The van der Waals surface area contributed by atoms with Crippen molar-refractivity contribution >= 4 is 62.5 Å². The molecule has 6 nitrogen and oxygen atoms in total. The monoisotopic (exact) mass is 515 g/mol. The number of amides is 1. The number of ether oxygens (including phenoxy) is 1. The number of hydrogen-bond donors (Lipinski definition) is 1. The van der Waals surface area contributed by atoms with Crippen LogP contribution in [0, 0.1) is 6.92 Å². The zero-order valence-corrected chi connectivity index (χ0v) is 19.3. The number of halogens is 3. The Morgan fingerprint density at radius 2 is 2.07 bits per heavy atom. The van der Waals surface area contributed by atoms with E-state index in [0.29, 0.717) is 15.8 Å². The molecule has 0 spiro atoms. The minimum Gasteiger partial charge on any atom is -0.479 e. The van der Waals surface area contributed by atoms with Crippen LogP contribution < -0.4 is 10.1 Å². The molecule has 3 aromatic rings. The van der Waals surface area contributed by atoms with Crippen molar-refractivity contribution in [1.29, 1.82) is 0 Å².